The van der Waals surface area contributed by atoms with Crippen molar-refractivity contribution in [2.75, 3.05) is 37.1 Å². The molecular weight excluding hydrogens is 593 g/mol. The van der Waals surface area contributed by atoms with Crippen LogP contribution in [0.1, 0.15) is 34.2 Å². The van der Waals surface area contributed by atoms with E-state index in [0.29, 0.717) is 69.0 Å². The van der Waals surface area contributed by atoms with Gasteiger partial charge in [-0.3, -0.25) is 13.6 Å². The van der Waals surface area contributed by atoms with Crippen molar-refractivity contribution in [3.8, 4) is 0 Å². The van der Waals surface area contributed by atoms with E-state index in [0.717, 1.165) is 0 Å². The number of nitrogens with zero attached hydrogens (tertiary/aromatic N) is 12. The average Bonchev–Trinajstić information content (AvgIpc) is 3.73. The molecule has 19 nitrogen and oxygen atoms in total. The third-order valence-corrected chi connectivity index (χ3v) is 7.80. The number of aromatic nitrogens is 12. The Hall–Kier alpha value is -4.84. The minimum Gasteiger partial charge on any atom is -0.357 e. The molecule has 0 spiro atoms. The first-order valence-corrected chi connectivity index (χ1v) is 14.9. The fourth-order valence-corrected chi connectivity index (χ4v) is 5.55. The summed E-state index contributed by atoms with van der Waals surface area (Å²) in [6.07, 6.45) is 4.68. The van der Waals surface area contributed by atoms with Crippen LogP contribution < -0.4 is 16.0 Å². The lowest BCUT2D eigenvalue weighted by Gasteiger charge is -2.17. The predicted octanol–water partition coefficient (Wildman–Crippen LogP) is 2.11. The van der Waals surface area contributed by atoms with E-state index in [2.05, 4.69) is 61.2 Å². The Labute approximate surface area is 250 Å². The molecule has 6 aromatic heterocycles. The van der Waals surface area contributed by atoms with Crippen LogP contribution in [-0.4, -0.2) is 79.9 Å². The Morgan fingerprint density at radius 3 is 1.14 bits per heavy atom. The third-order valence-electron chi connectivity index (χ3n) is 6.46. The Morgan fingerprint density at radius 2 is 0.864 bits per heavy atom. The number of hydrogen-bond acceptors (Lipinski definition) is 16. The number of hydrogen-bond donors (Lipinski definition) is 3. The lowest BCUT2D eigenvalue weighted by atomic mass is 10.4. The normalized spacial score (nSPS) is 12.0. The number of phosphoric acid groups is 1. The lowest BCUT2D eigenvalue weighted by molar-refractivity contribution is 0.0986. The van der Waals surface area contributed by atoms with Gasteiger partial charge in [0.25, 0.3) is 0 Å². The van der Waals surface area contributed by atoms with Gasteiger partial charge < -0.3 is 16.0 Å². The predicted molar refractivity (Wildman–Crippen MR) is 157 cm³/mol. The highest BCUT2D eigenvalue weighted by molar-refractivity contribution is 7.48. The first-order valence-electron chi connectivity index (χ1n) is 13.4. The van der Waals surface area contributed by atoms with Crippen LogP contribution in [-0.2, 0) is 38.0 Å². The first-order chi connectivity index (χ1) is 21.2. The summed E-state index contributed by atoms with van der Waals surface area (Å²) in [4.78, 5) is 26.4. The van der Waals surface area contributed by atoms with Crippen molar-refractivity contribution in [3.05, 3.63) is 52.8 Å². The molecule has 0 unspecified atom stereocenters. The van der Waals surface area contributed by atoms with E-state index in [1.807, 2.05) is 0 Å². The zero-order valence-corrected chi connectivity index (χ0v) is 25.7. The van der Waals surface area contributed by atoms with Gasteiger partial charge in [0, 0.05) is 37.8 Å². The highest BCUT2D eigenvalue weighted by Gasteiger charge is 2.30. The number of fused-ring (bicyclic) bond motifs is 3. The monoisotopic (exact) mass is 623 g/mol. The molecule has 0 saturated carbocycles. The summed E-state index contributed by atoms with van der Waals surface area (Å²) in [5.74, 6) is 3.05. The van der Waals surface area contributed by atoms with Crippen LogP contribution in [0, 0.1) is 20.8 Å². The molecule has 6 rings (SSSR count). The molecule has 230 valence electrons. The Bertz CT molecular complexity index is 1810. The zero-order valence-electron chi connectivity index (χ0n) is 24.8. The van der Waals surface area contributed by atoms with Crippen LogP contribution in [0.15, 0.2) is 18.6 Å². The molecule has 20 heteroatoms. The maximum absolute atomic E-state index is 14.2. The van der Waals surface area contributed by atoms with Gasteiger partial charge in [0.2, 0.25) is 17.8 Å². The maximum Gasteiger partial charge on any atom is 0.475 e. The summed E-state index contributed by atoms with van der Waals surface area (Å²) in [5, 5.41) is 22.0. The molecule has 0 fully saturated rings. The largest absolute Gasteiger partial charge is 0.475 e. The Morgan fingerprint density at radius 1 is 0.568 bits per heavy atom. The van der Waals surface area contributed by atoms with E-state index in [1.165, 1.54) is 13.5 Å². The van der Waals surface area contributed by atoms with Crippen LogP contribution >= 0.6 is 7.82 Å². The SMILES string of the molecule is CNc1nc(C)nc2c(COP(=O)(OCc3cnn4c(NC)nc(C)nc34)OCc3cnn4c(NC)nc(C)nc34)cnn12. The van der Waals surface area contributed by atoms with Crippen molar-refractivity contribution in [2.45, 2.75) is 40.6 Å². The van der Waals surface area contributed by atoms with Crippen LogP contribution in [0.25, 0.3) is 16.9 Å². The number of rotatable bonds is 12. The summed E-state index contributed by atoms with van der Waals surface area (Å²) in [6.45, 7) is 4.74. The van der Waals surface area contributed by atoms with Gasteiger partial charge in [-0.1, -0.05) is 0 Å². The van der Waals surface area contributed by atoms with Gasteiger partial charge in [0.1, 0.15) is 17.5 Å². The van der Waals surface area contributed by atoms with Gasteiger partial charge in [0.15, 0.2) is 16.9 Å². The highest BCUT2D eigenvalue weighted by atomic mass is 31.2. The average molecular weight is 624 g/mol. The lowest BCUT2D eigenvalue weighted by Crippen LogP contribution is -2.07. The van der Waals surface area contributed by atoms with E-state index in [-0.39, 0.29) is 19.8 Å². The molecule has 3 N–H and O–H groups in total. The molecule has 0 aliphatic rings. The van der Waals surface area contributed by atoms with Gasteiger partial charge in [-0.25, -0.2) is 19.5 Å². The second-order valence-electron chi connectivity index (χ2n) is 9.52. The molecule has 0 amide bonds. The molecular formula is C24H30N15O4P. The third kappa shape index (κ3) is 5.48. The van der Waals surface area contributed by atoms with Crippen molar-refractivity contribution in [3.63, 3.8) is 0 Å². The van der Waals surface area contributed by atoms with Crippen molar-refractivity contribution in [1.82, 2.24) is 58.7 Å². The van der Waals surface area contributed by atoms with Gasteiger partial charge >= 0.3 is 7.82 Å². The topological polar surface area (TPSA) is 210 Å². The number of anilines is 3. The van der Waals surface area contributed by atoms with Gasteiger partial charge in [-0.15, -0.1) is 0 Å². The molecule has 6 heterocycles. The minimum atomic E-state index is -4.26. The van der Waals surface area contributed by atoms with Crippen molar-refractivity contribution >= 4 is 42.6 Å². The van der Waals surface area contributed by atoms with Gasteiger partial charge in [-0.05, 0) is 20.8 Å². The molecule has 44 heavy (non-hydrogen) atoms. The summed E-state index contributed by atoms with van der Waals surface area (Å²) in [7, 11) is 0.933. The van der Waals surface area contributed by atoms with Crippen LogP contribution in [0.4, 0.5) is 17.8 Å². The molecule has 0 bridgehead atoms. The summed E-state index contributed by atoms with van der Waals surface area (Å²) < 4.78 is 36.4. The fourth-order valence-electron chi connectivity index (χ4n) is 4.44. The summed E-state index contributed by atoms with van der Waals surface area (Å²) in [6, 6.07) is 0. The minimum absolute atomic E-state index is 0.180. The zero-order chi connectivity index (χ0) is 31.0. The van der Waals surface area contributed by atoms with E-state index < -0.39 is 7.82 Å². The maximum atomic E-state index is 14.2. The number of nitrogens with one attached hydrogen (secondary N) is 3. The molecule has 0 aliphatic heterocycles. The van der Waals surface area contributed by atoms with Crippen molar-refractivity contribution in [1.29, 1.82) is 0 Å². The van der Waals surface area contributed by atoms with E-state index in [4.69, 9.17) is 13.6 Å². The number of phosphoric ester groups is 1. The van der Waals surface area contributed by atoms with Crippen LogP contribution in [0.5, 0.6) is 0 Å². The standard InChI is InChI=1S/C24H30N15O4P/c1-13-31-19-16(7-28-37(19)22(25-4)34-13)10-41-44(40,42-11-17-8-29-38-20(17)32-14(2)35-23(38)26-5)43-12-18-9-30-39-21(18)33-15(3)36-24(39)27-6/h7-9H,10-12H2,1-6H3,(H,25,31,34)(H,26,32,35)(H,27,33,36). The van der Waals surface area contributed by atoms with Crippen molar-refractivity contribution < 1.29 is 18.1 Å². The van der Waals surface area contributed by atoms with Crippen molar-refractivity contribution in [2.24, 2.45) is 0 Å². The number of aryl methyl sites for hydroxylation is 3. The van der Waals surface area contributed by atoms with E-state index in [9.17, 15) is 4.57 Å². The quantitative estimate of drug-likeness (QED) is 0.167. The first kappa shape index (κ1) is 29.2. The fraction of sp³-hybridized carbons (Fsp3) is 0.375. The molecule has 0 aromatic carbocycles. The molecule has 0 saturated heterocycles. The molecule has 0 aliphatic carbocycles. The van der Waals surface area contributed by atoms with Gasteiger partial charge in [-0.2, -0.15) is 43.8 Å². The second-order valence-corrected chi connectivity index (χ2v) is 11.2. The Kier molecular flexibility index (Phi) is 7.76. The van der Waals surface area contributed by atoms with E-state index in [1.54, 1.807) is 60.5 Å². The molecule has 0 radical (unpaired) electrons. The van der Waals surface area contributed by atoms with Crippen LogP contribution in [0.2, 0.25) is 0 Å². The molecule has 0 atom stereocenters. The smallest absolute Gasteiger partial charge is 0.357 e. The molecule has 6 aromatic rings. The Balaban J connectivity index is 1.29. The summed E-state index contributed by atoms with van der Waals surface area (Å²) in [5.41, 5.74) is 3.10. The second kappa shape index (κ2) is 11.7. The van der Waals surface area contributed by atoms with E-state index >= 15 is 0 Å². The van der Waals surface area contributed by atoms with Crippen LogP contribution in [0.3, 0.4) is 0 Å². The summed E-state index contributed by atoms with van der Waals surface area (Å²) >= 11 is 0. The van der Waals surface area contributed by atoms with Gasteiger partial charge in [0.05, 0.1) is 38.4 Å². The highest BCUT2D eigenvalue weighted by Crippen LogP contribution is 2.52.